The lowest BCUT2D eigenvalue weighted by Gasteiger charge is -2.09. The summed E-state index contributed by atoms with van der Waals surface area (Å²) >= 11 is 0. The summed E-state index contributed by atoms with van der Waals surface area (Å²) in [7, 11) is 0. The van der Waals surface area contributed by atoms with Crippen molar-refractivity contribution in [2.75, 3.05) is 0 Å². The second-order valence-electron chi connectivity index (χ2n) is 4.21. The molecule has 2 nitrogen and oxygen atoms in total. The average Bonchev–Trinajstić information content (AvgIpc) is 2.45. The van der Waals surface area contributed by atoms with Crippen LogP contribution in [0, 0.1) is 29.6 Å². The number of allylic oxidation sites excluding steroid dienone is 1. The number of aryl methyl sites for hydroxylation is 1. The van der Waals surface area contributed by atoms with Gasteiger partial charge in [0.05, 0.1) is 0 Å². The topological polar surface area (TPSA) is 47.6 Å². The molecule has 0 bridgehead atoms. The summed E-state index contributed by atoms with van der Waals surface area (Å²) in [5, 5.41) is 18.3. The van der Waals surface area contributed by atoms with Crippen LogP contribution in [0.4, 0.5) is 0 Å². The Morgan fingerprint density at radius 3 is 2.05 bits per heavy atom. The lowest BCUT2D eigenvalue weighted by molar-refractivity contribution is 1.41. The molecular weight excluding hydrogens is 232 g/mol. The van der Waals surface area contributed by atoms with Gasteiger partial charge in [-0.3, -0.25) is 0 Å². The van der Waals surface area contributed by atoms with Crippen LogP contribution in [0.2, 0.25) is 0 Å². The van der Waals surface area contributed by atoms with Crippen LogP contribution in [0.15, 0.2) is 60.2 Å². The molecule has 0 N–H and O–H groups in total. The quantitative estimate of drug-likeness (QED) is 0.753. The van der Waals surface area contributed by atoms with Gasteiger partial charge in [-0.2, -0.15) is 10.5 Å². The van der Waals surface area contributed by atoms with E-state index in [1.807, 2.05) is 73.7 Å². The maximum absolute atomic E-state index is 9.16. The first-order chi connectivity index (χ1) is 9.26. The highest BCUT2D eigenvalue weighted by molar-refractivity contribution is 5.86. The molecule has 0 unspecified atom stereocenters. The monoisotopic (exact) mass is 244 g/mol. The van der Waals surface area contributed by atoms with Crippen LogP contribution in [0.1, 0.15) is 16.7 Å². The van der Waals surface area contributed by atoms with E-state index in [0.29, 0.717) is 5.57 Å². The van der Waals surface area contributed by atoms with Crippen molar-refractivity contribution in [2.45, 2.75) is 6.92 Å². The summed E-state index contributed by atoms with van der Waals surface area (Å²) in [5.41, 5.74) is 3.70. The fourth-order valence-corrected chi connectivity index (χ4v) is 2.00. The zero-order valence-corrected chi connectivity index (χ0v) is 10.6. The number of benzene rings is 2. The minimum absolute atomic E-state index is 0.136. The molecule has 0 saturated carbocycles. The molecule has 0 saturated heterocycles. The van der Waals surface area contributed by atoms with E-state index in [9.17, 15) is 0 Å². The van der Waals surface area contributed by atoms with Crippen molar-refractivity contribution in [1.82, 2.24) is 0 Å². The molecule has 0 amide bonds. The van der Waals surface area contributed by atoms with Crippen LogP contribution < -0.4 is 0 Å². The second-order valence-corrected chi connectivity index (χ2v) is 4.21. The Morgan fingerprint density at radius 1 is 0.842 bits per heavy atom. The van der Waals surface area contributed by atoms with E-state index in [0.717, 1.165) is 16.7 Å². The molecule has 2 rings (SSSR count). The van der Waals surface area contributed by atoms with E-state index in [1.54, 1.807) is 0 Å². The van der Waals surface area contributed by atoms with Gasteiger partial charge < -0.3 is 0 Å². The molecule has 0 aromatic heterocycles. The largest absolute Gasteiger partial charge is 0.192 e. The van der Waals surface area contributed by atoms with Gasteiger partial charge in [0.1, 0.15) is 17.7 Å². The van der Waals surface area contributed by atoms with E-state index in [4.69, 9.17) is 10.5 Å². The van der Waals surface area contributed by atoms with Crippen LogP contribution in [0.5, 0.6) is 0 Å². The molecule has 0 spiro atoms. The third-order valence-electron chi connectivity index (χ3n) is 2.84. The van der Waals surface area contributed by atoms with Gasteiger partial charge in [-0.1, -0.05) is 60.2 Å². The van der Waals surface area contributed by atoms with E-state index in [1.165, 1.54) is 0 Å². The van der Waals surface area contributed by atoms with Crippen LogP contribution in [0.25, 0.3) is 5.57 Å². The Labute approximate surface area is 112 Å². The summed E-state index contributed by atoms with van der Waals surface area (Å²) < 4.78 is 0. The smallest absolute Gasteiger partial charge is 0.138 e. The number of hydrogen-bond acceptors (Lipinski definition) is 2. The molecule has 0 aliphatic carbocycles. The van der Waals surface area contributed by atoms with Gasteiger partial charge in [-0.05, 0) is 18.1 Å². The van der Waals surface area contributed by atoms with Crippen molar-refractivity contribution in [3.05, 3.63) is 76.9 Å². The van der Waals surface area contributed by atoms with E-state index >= 15 is 0 Å². The Hall–Kier alpha value is -2.84. The van der Waals surface area contributed by atoms with Crippen LogP contribution in [0.3, 0.4) is 0 Å². The van der Waals surface area contributed by atoms with E-state index in [-0.39, 0.29) is 5.57 Å². The van der Waals surface area contributed by atoms with Gasteiger partial charge in [0.25, 0.3) is 0 Å². The van der Waals surface area contributed by atoms with Crippen LogP contribution in [-0.2, 0) is 0 Å². The normalized spacial score (nSPS) is 9.21. The zero-order chi connectivity index (χ0) is 13.7. The van der Waals surface area contributed by atoms with Crippen molar-refractivity contribution >= 4 is 5.57 Å². The second kappa shape index (κ2) is 5.67. The van der Waals surface area contributed by atoms with Gasteiger partial charge in [-0.15, -0.1) is 0 Å². The Morgan fingerprint density at radius 2 is 1.47 bits per heavy atom. The van der Waals surface area contributed by atoms with Crippen molar-refractivity contribution in [2.24, 2.45) is 0 Å². The van der Waals surface area contributed by atoms with Gasteiger partial charge in [0.15, 0.2) is 0 Å². The number of nitrogens with zero attached hydrogens (tertiary/aromatic N) is 2. The molecule has 0 fully saturated rings. The fraction of sp³-hybridized carbons (Fsp3) is 0.0588. The average molecular weight is 244 g/mol. The molecule has 0 aliphatic rings. The molecule has 0 atom stereocenters. The predicted molar refractivity (Wildman–Crippen MR) is 74.9 cm³/mol. The predicted octanol–water partition coefficient (Wildman–Crippen LogP) is 3.84. The van der Waals surface area contributed by atoms with E-state index in [2.05, 4.69) is 0 Å². The van der Waals surface area contributed by atoms with Crippen molar-refractivity contribution < 1.29 is 0 Å². The maximum Gasteiger partial charge on any atom is 0.138 e. The maximum atomic E-state index is 9.16. The highest BCUT2D eigenvalue weighted by Crippen LogP contribution is 2.27. The highest BCUT2D eigenvalue weighted by Gasteiger charge is 2.11. The molecule has 0 radical (unpaired) electrons. The third-order valence-corrected chi connectivity index (χ3v) is 2.84. The summed E-state index contributed by atoms with van der Waals surface area (Å²) in [5.74, 6) is 0. The van der Waals surface area contributed by atoms with Gasteiger partial charge in [0.2, 0.25) is 0 Å². The van der Waals surface area contributed by atoms with Gasteiger partial charge in [-0.25, -0.2) is 0 Å². The minimum Gasteiger partial charge on any atom is -0.192 e. The molecule has 2 aromatic carbocycles. The molecule has 0 heterocycles. The standard InChI is InChI=1S/C17H12N2/c1-13-6-5-9-15(10-13)17(16(11-18)12-19)14-7-3-2-4-8-14/h2-10H,1H3. The summed E-state index contributed by atoms with van der Waals surface area (Å²) in [6, 6.07) is 21.3. The first kappa shape index (κ1) is 12.6. The zero-order valence-electron chi connectivity index (χ0n) is 10.6. The van der Waals surface area contributed by atoms with Crippen molar-refractivity contribution in [3.63, 3.8) is 0 Å². The lowest BCUT2D eigenvalue weighted by atomic mass is 9.93. The fourth-order valence-electron chi connectivity index (χ4n) is 2.00. The van der Waals surface area contributed by atoms with E-state index < -0.39 is 0 Å². The molecule has 2 aromatic rings. The molecular formula is C17H12N2. The summed E-state index contributed by atoms with van der Waals surface area (Å²) in [6.07, 6.45) is 0. The van der Waals surface area contributed by atoms with Crippen molar-refractivity contribution in [1.29, 1.82) is 10.5 Å². The number of rotatable bonds is 2. The highest BCUT2D eigenvalue weighted by atomic mass is 14.3. The first-order valence-corrected chi connectivity index (χ1v) is 5.93. The Kier molecular flexibility index (Phi) is 3.76. The number of hydrogen-bond donors (Lipinski definition) is 0. The van der Waals surface area contributed by atoms with Crippen LogP contribution in [-0.4, -0.2) is 0 Å². The number of nitriles is 2. The SMILES string of the molecule is Cc1cccc(C(=C(C#N)C#N)c2ccccc2)c1. The lowest BCUT2D eigenvalue weighted by Crippen LogP contribution is -1.92. The molecule has 19 heavy (non-hydrogen) atoms. The Balaban J connectivity index is 2.72. The molecule has 0 aliphatic heterocycles. The van der Waals surface area contributed by atoms with Gasteiger partial charge >= 0.3 is 0 Å². The van der Waals surface area contributed by atoms with Crippen LogP contribution >= 0.6 is 0 Å². The molecule has 2 heteroatoms. The summed E-state index contributed by atoms with van der Waals surface area (Å²) in [6.45, 7) is 1.99. The summed E-state index contributed by atoms with van der Waals surface area (Å²) in [4.78, 5) is 0. The Bertz CT molecular complexity index is 682. The van der Waals surface area contributed by atoms with Gasteiger partial charge in [0, 0.05) is 5.57 Å². The first-order valence-electron chi connectivity index (χ1n) is 5.93. The minimum atomic E-state index is 0.136. The third kappa shape index (κ3) is 2.70. The van der Waals surface area contributed by atoms with Crippen molar-refractivity contribution in [3.8, 4) is 12.1 Å². The molecule has 90 valence electrons.